The number of carboxylic acids is 1. The van der Waals surface area contributed by atoms with Crippen LogP contribution in [0.1, 0.15) is 38.5 Å². The summed E-state index contributed by atoms with van der Waals surface area (Å²) in [6.45, 7) is 0. The number of carboxylic acid groups (broad SMARTS) is 1. The predicted octanol–water partition coefficient (Wildman–Crippen LogP) is 0.411. The molecule has 0 aromatic heterocycles. The summed E-state index contributed by atoms with van der Waals surface area (Å²) < 4.78 is 5.21. The summed E-state index contributed by atoms with van der Waals surface area (Å²) >= 11 is 0. The molecular weight excluding hydrogens is 290 g/mol. The lowest BCUT2D eigenvalue weighted by atomic mass is 9.99. The molecule has 0 aromatic carbocycles. The SMILES string of the molecule is CO[C@H](C(=O)N[C@@H](CCC(=O)C=[N+]=[N-])C(=O)O)C1CCCC1. The summed E-state index contributed by atoms with van der Waals surface area (Å²) in [5.41, 5.74) is 8.23. The van der Waals surface area contributed by atoms with Gasteiger partial charge in [0.1, 0.15) is 12.1 Å². The van der Waals surface area contributed by atoms with Gasteiger partial charge in [0.25, 0.3) is 0 Å². The Balaban J connectivity index is 2.60. The van der Waals surface area contributed by atoms with Crippen LogP contribution in [0.5, 0.6) is 0 Å². The van der Waals surface area contributed by atoms with E-state index in [1.807, 2.05) is 0 Å². The molecule has 1 amide bonds. The molecule has 1 saturated carbocycles. The monoisotopic (exact) mass is 311 g/mol. The Morgan fingerprint density at radius 1 is 1.41 bits per heavy atom. The number of ether oxygens (including phenoxy) is 1. The summed E-state index contributed by atoms with van der Waals surface area (Å²) in [7, 11) is 1.43. The number of nitrogens with one attached hydrogen (secondary N) is 1. The number of rotatable bonds is 9. The fourth-order valence-corrected chi connectivity index (χ4v) is 2.70. The van der Waals surface area contributed by atoms with Gasteiger partial charge in [0.15, 0.2) is 0 Å². The van der Waals surface area contributed by atoms with Gasteiger partial charge in [0.05, 0.1) is 0 Å². The quantitative estimate of drug-likeness (QED) is 0.362. The van der Waals surface area contributed by atoms with Gasteiger partial charge in [-0.25, -0.2) is 4.79 Å². The van der Waals surface area contributed by atoms with E-state index in [0.717, 1.165) is 25.7 Å². The lowest BCUT2D eigenvalue weighted by Crippen LogP contribution is -2.48. The predicted molar refractivity (Wildman–Crippen MR) is 76.2 cm³/mol. The van der Waals surface area contributed by atoms with Gasteiger partial charge in [-0.3, -0.25) is 9.59 Å². The van der Waals surface area contributed by atoms with Crippen LogP contribution in [0.3, 0.4) is 0 Å². The average molecular weight is 311 g/mol. The fraction of sp³-hybridized carbons (Fsp3) is 0.714. The highest BCUT2D eigenvalue weighted by molar-refractivity contribution is 6.25. The molecule has 0 heterocycles. The molecule has 0 bridgehead atoms. The van der Waals surface area contributed by atoms with Crippen molar-refractivity contribution in [1.82, 2.24) is 5.32 Å². The van der Waals surface area contributed by atoms with E-state index in [2.05, 4.69) is 10.1 Å². The van der Waals surface area contributed by atoms with Crippen molar-refractivity contribution in [1.29, 1.82) is 0 Å². The molecule has 8 heteroatoms. The van der Waals surface area contributed by atoms with Crippen LogP contribution in [0.25, 0.3) is 5.53 Å². The summed E-state index contributed by atoms with van der Waals surface area (Å²) in [6, 6.07) is -1.18. The van der Waals surface area contributed by atoms with Crippen molar-refractivity contribution >= 4 is 23.9 Å². The Hall–Kier alpha value is -2.05. The molecule has 0 aromatic rings. The minimum Gasteiger partial charge on any atom is -0.480 e. The van der Waals surface area contributed by atoms with Crippen molar-refractivity contribution in [3.8, 4) is 0 Å². The zero-order valence-corrected chi connectivity index (χ0v) is 12.5. The molecule has 22 heavy (non-hydrogen) atoms. The van der Waals surface area contributed by atoms with Crippen molar-refractivity contribution < 1.29 is 29.0 Å². The van der Waals surface area contributed by atoms with Crippen LogP contribution in [-0.4, -0.2) is 53.0 Å². The van der Waals surface area contributed by atoms with E-state index in [0.29, 0.717) is 6.21 Å². The van der Waals surface area contributed by atoms with Gasteiger partial charge in [-0.1, -0.05) is 12.8 Å². The fourth-order valence-electron chi connectivity index (χ4n) is 2.70. The molecule has 1 aliphatic rings. The zero-order valence-electron chi connectivity index (χ0n) is 12.5. The van der Waals surface area contributed by atoms with E-state index in [1.165, 1.54) is 7.11 Å². The summed E-state index contributed by atoms with van der Waals surface area (Å²) in [6.07, 6.45) is 3.67. The maximum atomic E-state index is 12.2. The maximum absolute atomic E-state index is 12.2. The Bertz CT molecular complexity index is 467. The number of carbonyl (C=O) groups excluding carboxylic acids is 2. The lowest BCUT2D eigenvalue weighted by molar-refractivity contribution is -0.145. The average Bonchev–Trinajstić information content (AvgIpc) is 2.98. The Labute approximate surface area is 128 Å². The lowest BCUT2D eigenvalue weighted by Gasteiger charge is -2.23. The Morgan fingerprint density at radius 2 is 2.05 bits per heavy atom. The Morgan fingerprint density at radius 3 is 2.55 bits per heavy atom. The number of hydrogen-bond acceptors (Lipinski definition) is 4. The number of nitrogens with zero attached hydrogens (tertiary/aromatic N) is 2. The second kappa shape index (κ2) is 9.07. The first kappa shape index (κ1) is 18.0. The topological polar surface area (TPSA) is 129 Å². The first-order valence-electron chi connectivity index (χ1n) is 7.25. The second-order valence-corrected chi connectivity index (χ2v) is 5.35. The molecule has 0 radical (unpaired) electrons. The second-order valence-electron chi connectivity index (χ2n) is 5.35. The van der Waals surface area contributed by atoms with Crippen molar-refractivity contribution in [3.05, 3.63) is 5.53 Å². The summed E-state index contributed by atoms with van der Waals surface area (Å²) in [5, 5.41) is 11.6. The van der Waals surface area contributed by atoms with E-state index < -0.39 is 29.8 Å². The molecule has 8 nitrogen and oxygen atoms in total. The number of aliphatic carboxylic acids is 1. The first-order chi connectivity index (χ1) is 10.5. The van der Waals surface area contributed by atoms with Crippen molar-refractivity contribution in [3.63, 3.8) is 0 Å². The van der Waals surface area contributed by atoms with Gasteiger partial charge in [0.2, 0.25) is 11.7 Å². The smallest absolute Gasteiger partial charge is 0.326 e. The van der Waals surface area contributed by atoms with Gasteiger partial charge in [-0.2, -0.15) is 4.79 Å². The third-order valence-electron chi connectivity index (χ3n) is 3.84. The highest BCUT2D eigenvalue weighted by Crippen LogP contribution is 2.29. The van der Waals surface area contributed by atoms with Crippen LogP contribution < -0.4 is 5.32 Å². The van der Waals surface area contributed by atoms with E-state index >= 15 is 0 Å². The Kier molecular flexibility index (Phi) is 7.42. The molecular formula is C14H21N3O5. The van der Waals surface area contributed by atoms with Crippen LogP contribution in [0, 0.1) is 5.92 Å². The first-order valence-corrected chi connectivity index (χ1v) is 7.25. The number of amides is 1. The van der Waals surface area contributed by atoms with E-state index in [-0.39, 0.29) is 18.8 Å². The number of hydrogen-bond donors (Lipinski definition) is 2. The third-order valence-corrected chi connectivity index (χ3v) is 3.84. The van der Waals surface area contributed by atoms with Gasteiger partial charge in [0, 0.05) is 13.5 Å². The molecule has 122 valence electrons. The van der Waals surface area contributed by atoms with E-state index in [9.17, 15) is 14.4 Å². The molecule has 0 unspecified atom stereocenters. The number of methoxy groups -OCH3 is 1. The zero-order chi connectivity index (χ0) is 16.5. The van der Waals surface area contributed by atoms with Crippen molar-refractivity contribution in [2.75, 3.05) is 7.11 Å². The van der Waals surface area contributed by atoms with Crippen LogP contribution in [0.4, 0.5) is 0 Å². The minimum atomic E-state index is -1.22. The molecule has 2 atom stereocenters. The molecule has 0 aliphatic heterocycles. The maximum Gasteiger partial charge on any atom is 0.326 e. The van der Waals surface area contributed by atoms with E-state index in [1.54, 1.807) is 0 Å². The number of Topliss-reactive ketones (excluding diaryl/α,β-unsaturated/α-hetero) is 1. The van der Waals surface area contributed by atoms with Crippen LogP contribution >= 0.6 is 0 Å². The molecule has 1 fully saturated rings. The molecule has 0 spiro atoms. The van der Waals surface area contributed by atoms with Gasteiger partial charge < -0.3 is 20.7 Å². The molecule has 1 rings (SSSR count). The van der Waals surface area contributed by atoms with E-state index in [4.69, 9.17) is 15.4 Å². The van der Waals surface area contributed by atoms with Crippen LogP contribution in [-0.2, 0) is 19.1 Å². The largest absolute Gasteiger partial charge is 0.480 e. The van der Waals surface area contributed by atoms with Gasteiger partial charge in [-0.15, -0.1) is 0 Å². The normalized spacial score (nSPS) is 17.3. The molecule has 2 N–H and O–H groups in total. The highest BCUT2D eigenvalue weighted by atomic mass is 16.5. The van der Waals surface area contributed by atoms with Crippen molar-refractivity contribution in [2.45, 2.75) is 50.7 Å². The summed E-state index contributed by atoms with van der Waals surface area (Å²) in [5.74, 6) is -2.10. The third kappa shape index (κ3) is 5.38. The molecule has 1 aliphatic carbocycles. The van der Waals surface area contributed by atoms with Crippen LogP contribution in [0.15, 0.2) is 0 Å². The molecule has 0 saturated heterocycles. The highest BCUT2D eigenvalue weighted by Gasteiger charge is 2.33. The minimum absolute atomic E-state index is 0.0764. The van der Waals surface area contributed by atoms with Crippen LogP contribution in [0.2, 0.25) is 0 Å². The van der Waals surface area contributed by atoms with Gasteiger partial charge in [-0.05, 0) is 25.2 Å². The number of ketones is 1. The van der Waals surface area contributed by atoms with Crippen molar-refractivity contribution in [2.24, 2.45) is 5.92 Å². The number of carbonyl (C=O) groups is 3. The summed E-state index contributed by atoms with van der Waals surface area (Å²) in [4.78, 5) is 37.2. The van der Waals surface area contributed by atoms with Gasteiger partial charge >= 0.3 is 12.2 Å². The standard InChI is InChI=1S/C14H21N3O5/c1-22-12(9-4-2-3-5-9)13(19)17-11(14(20)21)7-6-10(18)8-16-15/h8-9,11-12H,2-7H2,1H3,(H,17,19)(H,20,21)/t11-,12-/m0/s1.